The number of carbonyl (C=O) groups excluding carboxylic acids is 6. The molecule has 0 aliphatic carbocycles. The number of aliphatic hydroxyl groups is 1. The predicted molar refractivity (Wildman–Crippen MR) is 120 cm³/mol. The van der Waals surface area contributed by atoms with E-state index >= 15 is 0 Å². The Hall–Kier alpha value is -3.34. The number of carbonyl (C=O) groups is 6. The van der Waals surface area contributed by atoms with E-state index < -0.39 is 97.7 Å². The summed E-state index contributed by atoms with van der Waals surface area (Å²) in [7, 11) is 0. The second-order valence-electron chi connectivity index (χ2n) is 8.61. The summed E-state index contributed by atoms with van der Waals surface area (Å²) in [4.78, 5) is 70.7. The topological polar surface area (TPSA) is 206 Å². The average molecular weight is 564 g/mol. The lowest BCUT2D eigenvalue weighted by atomic mass is 9.97. The van der Waals surface area contributed by atoms with E-state index in [1.165, 1.54) is 0 Å². The third-order valence-electron chi connectivity index (χ3n) is 5.26. The molecule has 0 saturated carbocycles. The van der Waals surface area contributed by atoms with Gasteiger partial charge in [-0.25, -0.2) is 0 Å². The summed E-state index contributed by atoms with van der Waals surface area (Å²) in [5.41, 5.74) is 0. The van der Waals surface area contributed by atoms with Crippen LogP contribution in [-0.2, 0) is 71.4 Å². The Morgan fingerprint density at radius 3 is 1.64 bits per heavy atom. The van der Waals surface area contributed by atoms with E-state index in [4.69, 9.17) is 42.6 Å². The van der Waals surface area contributed by atoms with Gasteiger partial charge >= 0.3 is 35.8 Å². The number of hydrogen-bond donors (Lipinski definition) is 1. The summed E-state index contributed by atoms with van der Waals surface area (Å²) in [5, 5.41) is 10.6. The molecule has 2 rings (SSSR count). The maximum Gasteiger partial charge on any atom is 0.303 e. The normalized spacial score (nSPS) is 32.2. The van der Waals surface area contributed by atoms with Crippen molar-refractivity contribution in [2.24, 2.45) is 0 Å². The molecule has 2 saturated heterocycles. The molecule has 2 aliphatic rings. The van der Waals surface area contributed by atoms with Gasteiger partial charge in [-0.3, -0.25) is 28.8 Å². The van der Waals surface area contributed by atoms with E-state index in [1.807, 2.05) is 0 Å². The summed E-state index contributed by atoms with van der Waals surface area (Å²) in [6.45, 7) is 5.53. The Labute approximate surface area is 223 Å². The Bertz CT molecular complexity index is 933. The molecule has 16 nitrogen and oxygen atoms in total. The fourth-order valence-electron chi connectivity index (χ4n) is 4.00. The Balaban J connectivity index is 2.53. The van der Waals surface area contributed by atoms with Gasteiger partial charge in [0.15, 0.2) is 49.2 Å². The third-order valence-corrected chi connectivity index (χ3v) is 5.26. The highest BCUT2D eigenvalue weighted by molar-refractivity contribution is 5.69. The minimum absolute atomic E-state index is 0.364. The molecular weight excluding hydrogens is 532 g/mol. The molecule has 2 fully saturated rings. The second-order valence-corrected chi connectivity index (χ2v) is 8.61. The zero-order valence-electron chi connectivity index (χ0n) is 22.2. The van der Waals surface area contributed by atoms with Gasteiger partial charge in [0.05, 0.1) is 6.61 Å². The highest BCUT2D eigenvalue weighted by Crippen LogP contribution is 2.33. The van der Waals surface area contributed by atoms with Crippen LogP contribution in [0, 0.1) is 0 Å². The van der Waals surface area contributed by atoms with E-state index in [0.717, 1.165) is 41.5 Å². The third kappa shape index (κ3) is 9.42. The van der Waals surface area contributed by atoms with Crippen LogP contribution < -0.4 is 0 Å². The molecule has 16 heteroatoms. The molecule has 1 unspecified atom stereocenters. The van der Waals surface area contributed by atoms with Crippen molar-refractivity contribution in [1.82, 2.24) is 0 Å². The minimum Gasteiger partial charge on any atom is -0.463 e. The van der Waals surface area contributed by atoms with Crippen LogP contribution in [0.4, 0.5) is 0 Å². The van der Waals surface area contributed by atoms with Gasteiger partial charge in [-0.1, -0.05) is 0 Å². The van der Waals surface area contributed by atoms with Crippen molar-refractivity contribution in [2.45, 2.75) is 96.9 Å². The molecule has 9 atom stereocenters. The van der Waals surface area contributed by atoms with Crippen molar-refractivity contribution < 1.29 is 76.5 Å². The molecule has 0 aromatic carbocycles. The lowest BCUT2D eigenvalue weighted by Gasteiger charge is -2.46. The quantitative estimate of drug-likeness (QED) is 0.254. The average Bonchev–Trinajstić information content (AvgIpc) is 2.78. The standard InChI is InChI=1S/C23H32O16/c1-9(24)31-7-16-17(34-11(3)26)19(36-13(5)28)21(37-14(6)29)23(38-16)39-20-18(35-12(4)27)15(33-10(2)25)8-32-22(20)30/h15-23,30H,7-8H2,1-6H3/t15-,16-,17-,18+,19+,20-,21-,22?,23+/m1/s1. The molecule has 0 aromatic heterocycles. The first-order valence-corrected chi connectivity index (χ1v) is 11.8. The molecule has 0 aromatic rings. The molecule has 220 valence electrons. The maximum absolute atomic E-state index is 12.0. The van der Waals surface area contributed by atoms with Gasteiger partial charge in [-0.2, -0.15) is 0 Å². The highest BCUT2D eigenvalue weighted by Gasteiger charge is 2.55. The van der Waals surface area contributed by atoms with Crippen LogP contribution in [0.3, 0.4) is 0 Å². The van der Waals surface area contributed by atoms with Crippen LogP contribution in [0.5, 0.6) is 0 Å². The lowest BCUT2D eigenvalue weighted by molar-refractivity contribution is -0.354. The zero-order chi connectivity index (χ0) is 29.4. The molecule has 2 aliphatic heterocycles. The maximum atomic E-state index is 12.0. The number of rotatable bonds is 9. The van der Waals surface area contributed by atoms with E-state index in [9.17, 15) is 33.9 Å². The smallest absolute Gasteiger partial charge is 0.303 e. The second kappa shape index (κ2) is 14.2. The van der Waals surface area contributed by atoms with Crippen molar-refractivity contribution in [3.8, 4) is 0 Å². The van der Waals surface area contributed by atoms with Gasteiger partial charge in [0, 0.05) is 41.5 Å². The van der Waals surface area contributed by atoms with E-state index in [-0.39, 0.29) is 6.61 Å². The van der Waals surface area contributed by atoms with Crippen LogP contribution in [0.15, 0.2) is 0 Å². The lowest BCUT2D eigenvalue weighted by Crippen LogP contribution is -2.65. The first-order chi connectivity index (χ1) is 18.2. The number of ether oxygens (including phenoxy) is 9. The summed E-state index contributed by atoms with van der Waals surface area (Å²) in [6, 6.07) is 0. The molecule has 0 radical (unpaired) electrons. The van der Waals surface area contributed by atoms with E-state index in [1.54, 1.807) is 0 Å². The highest BCUT2D eigenvalue weighted by atomic mass is 16.8. The van der Waals surface area contributed by atoms with Crippen molar-refractivity contribution in [2.75, 3.05) is 13.2 Å². The molecule has 39 heavy (non-hydrogen) atoms. The fourth-order valence-corrected chi connectivity index (χ4v) is 4.00. The predicted octanol–water partition coefficient (Wildman–Crippen LogP) is -1.33. The summed E-state index contributed by atoms with van der Waals surface area (Å²) < 4.78 is 48.2. The Morgan fingerprint density at radius 2 is 1.13 bits per heavy atom. The molecule has 0 amide bonds. The van der Waals surface area contributed by atoms with Crippen molar-refractivity contribution in [3.63, 3.8) is 0 Å². The first-order valence-electron chi connectivity index (χ1n) is 11.8. The number of aliphatic hydroxyl groups excluding tert-OH is 1. The summed E-state index contributed by atoms with van der Waals surface area (Å²) >= 11 is 0. The largest absolute Gasteiger partial charge is 0.463 e. The van der Waals surface area contributed by atoms with Crippen LogP contribution in [0.25, 0.3) is 0 Å². The molecular formula is C23H32O16. The van der Waals surface area contributed by atoms with Gasteiger partial charge in [0.2, 0.25) is 0 Å². The molecule has 2 heterocycles. The summed E-state index contributed by atoms with van der Waals surface area (Å²) in [6.07, 6.45) is -13.7. The van der Waals surface area contributed by atoms with Gasteiger partial charge in [-0.05, 0) is 0 Å². The molecule has 1 N–H and O–H groups in total. The Kier molecular flexibility index (Phi) is 11.6. The fraction of sp³-hybridized carbons (Fsp3) is 0.739. The first kappa shape index (κ1) is 31.9. The van der Waals surface area contributed by atoms with Crippen LogP contribution in [0.1, 0.15) is 41.5 Å². The monoisotopic (exact) mass is 564 g/mol. The Morgan fingerprint density at radius 1 is 0.641 bits per heavy atom. The van der Waals surface area contributed by atoms with Gasteiger partial charge < -0.3 is 47.7 Å². The van der Waals surface area contributed by atoms with Crippen molar-refractivity contribution >= 4 is 35.8 Å². The SMILES string of the molecule is CC(=O)OC[C@H]1O[C@@H](O[C@H]2C(O)OC[C@@H](OC(C)=O)[C@@H]2OC(C)=O)[C@H](OC(C)=O)[C@@H](OC(C)=O)[C@@H]1OC(C)=O. The summed E-state index contributed by atoms with van der Waals surface area (Å²) in [5.74, 6) is -4.87. The number of hydrogen-bond acceptors (Lipinski definition) is 16. The number of esters is 6. The van der Waals surface area contributed by atoms with Gasteiger partial charge in [-0.15, -0.1) is 0 Å². The zero-order valence-corrected chi connectivity index (χ0v) is 22.2. The van der Waals surface area contributed by atoms with Crippen molar-refractivity contribution in [3.05, 3.63) is 0 Å². The van der Waals surface area contributed by atoms with Crippen LogP contribution in [-0.4, -0.2) is 109 Å². The van der Waals surface area contributed by atoms with Gasteiger partial charge in [0.25, 0.3) is 0 Å². The van der Waals surface area contributed by atoms with Gasteiger partial charge in [0.1, 0.15) is 12.7 Å². The molecule has 0 bridgehead atoms. The van der Waals surface area contributed by atoms with Crippen molar-refractivity contribution in [1.29, 1.82) is 0 Å². The minimum atomic E-state index is -1.77. The molecule has 0 spiro atoms. The van der Waals surface area contributed by atoms with E-state index in [2.05, 4.69) is 0 Å². The van der Waals surface area contributed by atoms with E-state index in [0.29, 0.717) is 0 Å². The van der Waals surface area contributed by atoms with Crippen LogP contribution in [0.2, 0.25) is 0 Å². The van der Waals surface area contributed by atoms with Crippen LogP contribution >= 0.6 is 0 Å².